The van der Waals surface area contributed by atoms with Gasteiger partial charge < -0.3 is 35.1 Å². The highest BCUT2D eigenvalue weighted by molar-refractivity contribution is 6.30. The van der Waals surface area contributed by atoms with Crippen LogP contribution in [0, 0.1) is 5.92 Å². The number of carbonyl (C=O) groups is 5. The van der Waals surface area contributed by atoms with E-state index in [1.807, 2.05) is 56.3 Å². The predicted octanol–water partition coefficient (Wildman–Crippen LogP) is 6.52. The summed E-state index contributed by atoms with van der Waals surface area (Å²) >= 11 is 5.92. The van der Waals surface area contributed by atoms with Crippen molar-refractivity contribution in [3.63, 3.8) is 0 Å². The second-order valence-corrected chi connectivity index (χ2v) is 14.6. The predicted molar refractivity (Wildman–Crippen MR) is 208 cm³/mol. The Bertz CT molecular complexity index is 2180. The van der Waals surface area contributed by atoms with Crippen molar-refractivity contribution in [2.75, 3.05) is 13.1 Å². The third kappa shape index (κ3) is 10.0. The van der Waals surface area contributed by atoms with Crippen LogP contribution in [0.3, 0.4) is 0 Å². The van der Waals surface area contributed by atoms with Gasteiger partial charge in [0.1, 0.15) is 29.0 Å². The number of furan rings is 1. The molecule has 1 aromatic heterocycles. The fourth-order valence-corrected chi connectivity index (χ4v) is 6.83. The lowest BCUT2D eigenvalue weighted by Gasteiger charge is -2.31. The Labute approximate surface area is 323 Å². The molecule has 4 N–H and O–H groups in total. The van der Waals surface area contributed by atoms with Crippen LogP contribution in [0.1, 0.15) is 54.6 Å². The summed E-state index contributed by atoms with van der Waals surface area (Å²) in [7, 11) is 0. The van der Waals surface area contributed by atoms with E-state index in [2.05, 4.69) is 16.0 Å². The SMILES string of the molecule is CC(C)C[C@H](NC(=O)c1cccc2c1oc1ccccc12)C(=O)N[C@@H](Cc1ccc(OC(=O)N2CCC(NC(=O)Cc3ccc(Cl)cc3)CC2)cc1)C(=O)O. The van der Waals surface area contributed by atoms with E-state index in [-0.39, 0.29) is 48.4 Å². The average Bonchev–Trinajstić information content (AvgIpc) is 3.55. The first-order chi connectivity index (χ1) is 26.4. The number of amides is 4. The quantitative estimate of drug-likeness (QED) is 0.105. The summed E-state index contributed by atoms with van der Waals surface area (Å²) in [6.07, 6.45) is 1.12. The average molecular weight is 767 g/mol. The highest BCUT2D eigenvalue weighted by Gasteiger charge is 2.29. The minimum absolute atomic E-state index is 0.00885. The molecule has 286 valence electrons. The highest BCUT2D eigenvalue weighted by Crippen LogP contribution is 2.31. The van der Waals surface area contributed by atoms with Gasteiger partial charge in [-0.2, -0.15) is 0 Å². The number of nitrogens with zero attached hydrogens (tertiary/aromatic N) is 1. The van der Waals surface area contributed by atoms with E-state index in [1.54, 1.807) is 53.4 Å². The third-order valence-electron chi connectivity index (χ3n) is 9.56. The molecule has 4 amide bonds. The molecule has 0 radical (unpaired) electrons. The fourth-order valence-electron chi connectivity index (χ4n) is 6.70. The number of carbonyl (C=O) groups excluding carboxylic acids is 4. The van der Waals surface area contributed by atoms with Crippen LogP contribution in [-0.4, -0.2) is 71.0 Å². The number of rotatable bonds is 13. The van der Waals surface area contributed by atoms with Crippen molar-refractivity contribution >= 4 is 63.3 Å². The van der Waals surface area contributed by atoms with Crippen LogP contribution in [-0.2, 0) is 27.2 Å². The van der Waals surface area contributed by atoms with Crippen LogP contribution in [0.2, 0.25) is 5.02 Å². The van der Waals surface area contributed by atoms with E-state index >= 15 is 0 Å². The van der Waals surface area contributed by atoms with E-state index in [4.69, 9.17) is 20.8 Å². The molecule has 4 aromatic carbocycles. The molecule has 0 saturated carbocycles. The smallest absolute Gasteiger partial charge is 0.415 e. The number of ether oxygens (including phenoxy) is 1. The summed E-state index contributed by atoms with van der Waals surface area (Å²) in [4.78, 5) is 66.4. The van der Waals surface area contributed by atoms with E-state index in [1.165, 1.54) is 0 Å². The van der Waals surface area contributed by atoms with Gasteiger partial charge >= 0.3 is 12.1 Å². The monoisotopic (exact) mass is 766 g/mol. The van der Waals surface area contributed by atoms with Crippen molar-refractivity contribution < 1.29 is 38.2 Å². The van der Waals surface area contributed by atoms with Crippen molar-refractivity contribution in [1.29, 1.82) is 0 Å². The Morgan fingerprint density at radius 3 is 2.20 bits per heavy atom. The standard InChI is InChI=1S/C42H43ClN4O8/c1-25(2)22-34(45-39(49)33-8-5-7-32-31-6-3-4-9-36(31)55-38(32)33)40(50)46-35(41(51)52)23-26-12-16-30(17-13-26)54-42(53)47-20-18-29(19-21-47)44-37(48)24-27-10-14-28(43)15-11-27/h3-17,25,29,34-35H,18-24H2,1-2H3,(H,44,48)(H,45,49)(H,46,50)(H,51,52)/t34-,35-/m0/s1. The van der Waals surface area contributed by atoms with Gasteiger partial charge in [-0.3, -0.25) is 14.4 Å². The summed E-state index contributed by atoms with van der Waals surface area (Å²) in [6.45, 7) is 4.64. The normalized spacial score (nSPS) is 14.4. The summed E-state index contributed by atoms with van der Waals surface area (Å²) in [5.41, 5.74) is 2.76. The number of hydrogen-bond acceptors (Lipinski definition) is 7. The zero-order valence-electron chi connectivity index (χ0n) is 30.5. The minimum atomic E-state index is -1.29. The van der Waals surface area contributed by atoms with Crippen LogP contribution in [0.4, 0.5) is 4.79 Å². The van der Waals surface area contributed by atoms with Gasteiger partial charge in [0.2, 0.25) is 11.8 Å². The topological polar surface area (TPSA) is 167 Å². The van der Waals surface area contributed by atoms with Gasteiger partial charge in [0.05, 0.1) is 12.0 Å². The van der Waals surface area contributed by atoms with Gasteiger partial charge in [-0.1, -0.05) is 80.0 Å². The lowest BCUT2D eigenvalue weighted by Crippen LogP contribution is -2.52. The molecule has 2 heterocycles. The van der Waals surface area contributed by atoms with Crippen LogP contribution in [0.5, 0.6) is 5.75 Å². The molecule has 13 heteroatoms. The first kappa shape index (κ1) is 38.8. The molecule has 0 unspecified atom stereocenters. The molecule has 12 nitrogen and oxygen atoms in total. The molecule has 5 aromatic rings. The van der Waals surface area contributed by atoms with E-state index < -0.39 is 36.0 Å². The summed E-state index contributed by atoms with van der Waals surface area (Å²) in [5, 5.41) is 20.7. The lowest BCUT2D eigenvalue weighted by molar-refractivity contribution is -0.142. The van der Waals surface area contributed by atoms with Crippen molar-refractivity contribution in [2.24, 2.45) is 5.92 Å². The molecule has 1 aliphatic rings. The molecule has 1 aliphatic heterocycles. The van der Waals surface area contributed by atoms with Crippen LogP contribution >= 0.6 is 11.6 Å². The number of benzene rings is 4. The Hall–Kier alpha value is -5.88. The summed E-state index contributed by atoms with van der Waals surface area (Å²) in [5.74, 6) is -2.18. The van der Waals surface area contributed by atoms with Crippen molar-refractivity contribution in [3.8, 4) is 5.75 Å². The molecule has 6 rings (SSSR count). The largest absolute Gasteiger partial charge is 0.480 e. The second kappa shape index (κ2) is 17.5. The molecule has 0 bridgehead atoms. The number of likely N-dealkylation sites (tertiary alicyclic amines) is 1. The van der Waals surface area contributed by atoms with Gasteiger partial charge in [0.25, 0.3) is 5.91 Å². The molecule has 1 saturated heterocycles. The maximum Gasteiger partial charge on any atom is 0.415 e. The summed E-state index contributed by atoms with van der Waals surface area (Å²) < 4.78 is 11.6. The van der Waals surface area contributed by atoms with Crippen LogP contribution in [0.25, 0.3) is 21.9 Å². The molecular weight excluding hydrogens is 724 g/mol. The first-order valence-electron chi connectivity index (χ1n) is 18.3. The highest BCUT2D eigenvalue weighted by atomic mass is 35.5. The van der Waals surface area contributed by atoms with Gasteiger partial charge in [0.15, 0.2) is 0 Å². The van der Waals surface area contributed by atoms with Gasteiger partial charge in [-0.15, -0.1) is 0 Å². The van der Waals surface area contributed by atoms with E-state index in [0.29, 0.717) is 47.7 Å². The molecule has 0 aliphatic carbocycles. The number of halogens is 1. The number of carboxylic acids is 1. The molecule has 2 atom stereocenters. The number of aliphatic carboxylic acids is 1. The molecule has 1 fully saturated rings. The molecule has 55 heavy (non-hydrogen) atoms. The Morgan fingerprint density at radius 2 is 1.51 bits per heavy atom. The molecule has 0 spiro atoms. The second-order valence-electron chi connectivity index (χ2n) is 14.2. The van der Waals surface area contributed by atoms with Crippen LogP contribution in [0.15, 0.2) is 95.4 Å². The van der Waals surface area contributed by atoms with E-state index in [9.17, 15) is 29.1 Å². The summed E-state index contributed by atoms with van der Waals surface area (Å²) in [6, 6.07) is 23.9. The number of fused-ring (bicyclic) bond motifs is 3. The lowest BCUT2D eigenvalue weighted by atomic mass is 10.0. The fraction of sp³-hybridized carbons (Fsp3) is 0.310. The Balaban J connectivity index is 1.01. The maximum atomic E-state index is 13.5. The number of nitrogens with one attached hydrogen (secondary N) is 3. The zero-order chi connectivity index (χ0) is 39.1. The number of carboxylic acid groups (broad SMARTS) is 1. The van der Waals surface area contributed by atoms with Gasteiger partial charge in [0, 0.05) is 41.3 Å². The number of piperidine rings is 1. The van der Waals surface area contributed by atoms with Crippen LogP contribution < -0.4 is 20.7 Å². The number of para-hydroxylation sites is 2. The first-order valence-corrected chi connectivity index (χ1v) is 18.6. The van der Waals surface area contributed by atoms with Crippen molar-refractivity contribution in [2.45, 2.75) is 64.1 Å². The minimum Gasteiger partial charge on any atom is -0.480 e. The van der Waals surface area contributed by atoms with Gasteiger partial charge in [-0.05, 0) is 72.7 Å². The Kier molecular flexibility index (Phi) is 12.4. The number of hydrogen-bond donors (Lipinski definition) is 4. The van der Waals surface area contributed by atoms with Crippen molar-refractivity contribution in [1.82, 2.24) is 20.9 Å². The molecular formula is C42H43ClN4O8. The van der Waals surface area contributed by atoms with E-state index in [0.717, 1.165) is 16.3 Å². The maximum absolute atomic E-state index is 13.5. The zero-order valence-corrected chi connectivity index (χ0v) is 31.3. The van der Waals surface area contributed by atoms with Crippen molar-refractivity contribution in [3.05, 3.63) is 113 Å². The Morgan fingerprint density at radius 1 is 0.836 bits per heavy atom. The third-order valence-corrected chi connectivity index (χ3v) is 9.81. The van der Waals surface area contributed by atoms with Gasteiger partial charge in [-0.25, -0.2) is 9.59 Å².